The Balaban J connectivity index is 2.35. The highest BCUT2D eigenvalue weighted by molar-refractivity contribution is 5.36. The van der Waals surface area contributed by atoms with Crippen LogP contribution in [0.15, 0.2) is 18.2 Å². The maximum Gasteiger partial charge on any atom is 0.124 e. The van der Waals surface area contributed by atoms with Crippen LogP contribution in [0.4, 0.5) is 0 Å². The Morgan fingerprint density at radius 2 is 1.89 bits per heavy atom. The highest BCUT2D eigenvalue weighted by atomic mass is 16.5. The first-order chi connectivity index (χ1) is 9.17. The molecule has 19 heavy (non-hydrogen) atoms. The Morgan fingerprint density at radius 3 is 2.53 bits per heavy atom. The van der Waals surface area contributed by atoms with Crippen molar-refractivity contribution in [3.8, 4) is 5.75 Å². The molecule has 1 rings (SSSR count). The summed E-state index contributed by atoms with van der Waals surface area (Å²) in [4.78, 5) is 0. The molecule has 0 saturated heterocycles. The van der Waals surface area contributed by atoms with Crippen LogP contribution in [0, 0.1) is 5.92 Å². The van der Waals surface area contributed by atoms with Gasteiger partial charge in [-0.05, 0) is 23.6 Å². The maximum absolute atomic E-state index is 9.12. The van der Waals surface area contributed by atoms with Crippen LogP contribution in [0.3, 0.4) is 0 Å². The predicted octanol–water partition coefficient (Wildman–Crippen LogP) is 2.38. The van der Waals surface area contributed by atoms with Crippen LogP contribution in [0.25, 0.3) is 0 Å². The van der Waals surface area contributed by atoms with Crippen molar-refractivity contribution in [3.63, 3.8) is 0 Å². The van der Waals surface area contributed by atoms with Gasteiger partial charge < -0.3 is 19.3 Å². The summed E-state index contributed by atoms with van der Waals surface area (Å²) < 4.78 is 16.3. The van der Waals surface area contributed by atoms with Crippen LogP contribution in [0.1, 0.15) is 25.0 Å². The van der Waals surface area contributed by atoms with Crippen LogP contribution < -0.4 is 4.74 Å². The highest BCUT2D eigenvalue weighted by Crippen LogP contribution is 2.20. The van der Waals surface area contributed by atoms with E-state index in [-0.39, 0.29) is 6.61 Å². The molecule has 0 aromatic heterocycles. The van der Waals surface area contributed by atoms with Gasteiger partial charge in [-0.25, -0.2) is 0 Å². The zero-order valence-electron chi connectivity index (χ0n) is 12.0. The number of aliphatic hydroxyl groups excluding tert-OH is 1. The van der Waals surface area contributed by atoms with Gasteiger partial charge in [0.1, 0.15) is 5.75 Å². The van der Waals surface area contributed by atoms with Gasteiger partial charge in [0, 0.05) is 12.2 Å². The second kappa shape index (κ2) is 8.91. The highest BCUT2D eigenvalue weighted by Gasteiger charge is 2.04. The Morgan fingerprint density at radius 1 is 1.16 bits per heavy atom. The number of hydrogen-bond donors (Lipinski definition) is 1. The lowest BCUT2D eigenvalue weighted by Crippen LogP contribution is -2.08. The van der Waals surface area contributed by atoms with Crippen molar-refractivity contribution in [2.24, 2.45) is 5.92 Å². The summed E-state index contributed by atoms with van der Waals surface area (Å²) in [6.07, 6.45) is 0. The molecule has 0 bridgehead atoms. The molecule has 0 aliphatic carbocycles. The number of aliphatic hydroxyl groups is 1. The van der Waals surface area contributed by atoms with Gasteiger partial charge in [0.2, 0.25) is 0 Å². The molecule has 1 aromatic rings. The van der Waals surface area contributed by atoms with E-state index in [1.807, 2.05) is 18.2 Å². The smallest absolute Gasteiger partial charge is 0.124 e. The number of methoxy groups -OCH3 is 1. The zero-order valence-corrected chi connectivity index (χ0v) is 12.0. The van der Waals surface area contributed by atoms with Gasteiger partial charge in [0.25, 0.3) is 0 Å². The first-order valence-corrected chi connectivity index (χ1v) is 6.59. The topological polar surface area (TPSA) is 47.9 Å². The summed E-state index contributed by atoms with van der Waals surface area (Å²) in [5.41, 5.74) is 1.80. The van der Waals surface area contributed by atoms with Crippen molar-refractivity contribution in [2.45, 2.75) is 27.1 Å². The first kappa shape index (κ1) is 16.0. The molecule has 0 heterocycles. The van der Waals surface area contributed by atoms with Gasteiger partial charge >= 0.3 is 0 Å². The van der Waals surface area contributed by atoms with Gasteiger partial charge in [-0.1, -0.05) is 19.9 Å². The molecule has 0 aliphatic heterocycles. The van der Waals surface area contributed by atoms with E-state index in [2.05, 4.69) is 13.8 Å². The largest absolute Gasteiger partial charge is 0.496 e. The fourth-order valence-corrected chi connectivity index (χ4v) is 1.66. The van der Waals surface area contributed by atoms with E-state index in [9.17, 15) is 0 Å². The molecule has 0 saturated carbocycles. The van der Waals surface area contributed by atoms with Crippen molar-refractivity contribution in [3.05, 3.63) is 29.3 Å². The predicted molar refractivity (Wildman–Crippen MR) is 74.2 cm³/mol. The Hall–Kier alpha value is -1.10. The van der Waals surface area contributed by atoms with Crippen LogP contribution >= 0.6 is 0 Å². The Bertz CT molecular complexity index is 363. The van der Waals surface area contributed by atoms with Crippen LogP contribution in [0.2, 0.25) is 0 Å². The second-order valence-corrected chi connectivity index (χ2v) is 4.83. The van der Waals surface area contributed by atoms with Gasteiger partial charge in [-0.15, -0.1) is 0 Å². The van der Waals surface area contributed by atoms with E-state index in [4.69, 9.17) is 19.3 Å². The molecule has 0 fully saturated rings. The van der Waals surface area contributed by atoms with Gasteiger partial charge in [-0.3, -0.25) is 0 Å². The average Bonchev–Trinajstić information content (AvgIpc) is 2.42. The summed E-state index contributed by atoms with van der Waals surface area (Å²) in [6, 6.07) is 5.58. The van der Waals surface area contributed by atoms with Crippen LogP contribution in [-0.2, 0) is 22.7 Å². The molecule has 0 spiro atoms. The molecule has 0 radical (unpaired) electrons. The summed E-state index contributed by atoms with van der Waals surface area (Å²) >= 11 is 0. The number of ether oxygens (including phenoxy) is 3. The molecule has 1 N–H and O–H groups in total. The number of rotatable bonds is 9. The van der Waals surface area contributed by atoms with Gasteiger partial charge in [0.15, 0.2) is 0 Å². The molecular weight excluding hydrogens is 244 g/mol. The minimum Gasteiger partial charge on any atom is -0.496 e. The van der Waals surface area contributed by atoms with Crippen molar-refractivity contribution >= 4 is 0 Å². The van der Waals surface area contributed by atoms with E-state index in [0.717, 1.165) is 23.5 Å². The fraction of sp³-hybridized carbons (Fsp3) is 0.600. The molecule has 0 atom stereocenters. The molecule has 1 aromatic carbocycles. The first-order valence-electron chi connectivity index (χ1n) is 6.59. The van der Waals surface area contributed by atoms with Gasteiger partial charge in [0.05, 0.1) is 33.5 Å². The summed E-state index contributed by atoms with van der Waals surface area (Å²) in [5, 5.41) is 9.12. The van der Waals surface area contributed by atoms with Gasteiger partial charge in [-0.2, -0.15) is 0 Å². The molecule has 108 valence electrons. The van der Waals surface area contributed by atoms with Crippen molar-refractivity contribution in [2.75, 3.05) is 26.9 Å². The average molecular weight is 268 g/mol. The summed E-state index contributed by atoms with van der Waals surface area (Å²) in [6.45, 7) is 6.63. The van der Waals surface area contributed by atoms with E-state index in [1.165, 1.54) is 0 Å². The fourth-order valence-electron chi connectivity index (χ4n) is 1.66. The lowest BCUT2D eigenvalue weighted by molar-refractivity contribution is 0.0309. The zero-order chi connectivity index (χ0) is 14.1. The quantitative estimate of drug-likeness (QED) is 0.699. The Kier molecular flexibility index (Phi) is 7.48. The minimum absolute atomic E-state index is 0.0223. The molecular formula is C15H24O4. The number of hydrogen-bond acceptors (Lipinski definition) is 4. The third kappa shape index (κ3) is 6.05. The van der Waals surface area contributed by atoms with Crippen LogP contribution in [-0.4, -0.2) is 32.0 Å². The van der Waals surface area contributed by atoms with E-state index in [0.29, 0.717) is 25.7 Å². The van der Waals surface area contributed by atoms with Crippen LogP contribution in [0.5, 0.6) is 5.75 Å². The standard InChI is InChI=1S/C15H24O4/c1-12(2)10-18-6-7-19-11-14-8-13(9-16)4-5-15(14)17-3/h4-5,8,12,16H,6-7,9-11H2,1-3H3. The van der Waals surface area contributed by atoms with E-state index >= 15 is 0 Å². The van der Waals surface area contributed by atoms with Crippen molar-refractivity contribution in [1.82, 2.24) is 0 Å². The normalized spacial score (nSPS) is 11.0. The lowest BCUT2D eigenvalue weighted by atomic mass is 10.1. The van der Waals surface area contributed by atoms with Crippen molar-refractivity contribution in [1.29, 1.82) is 0 Å². The Labute approximate surface area is 115 Å². The SMILES string of the molecule is COc1ccc(CO)cc1COCCOCC(C)C. The molecule has 0 amide bonds. The maximum atomic E-state index is 9.12. The van der Waals surface area contributed by atoms with E-state index < -0.39 is 0 Å². The molecule has 4 nitrogen and oxygen atoms in total. The summed E-state index contributed by atoms with van der Waals surface area (Å²) in [5.74, 6) is 1.32. The third-order valence-corrected chi connectivity index (χ3v) is 2.61. The third-order valence-electron chi connectivity index (χ3n) is 2.61. The number of benzene rings is 1. The minimum atomic E-state index is 0.0223. The second-order valence-electron chi connectivity index (χ2n) is 4.83. The van der Waals surface area contributed by atoms with Crippen molar-refractivity contribution < 1.29 is 19.3 Å². The summed E-state index contributed by atoms with van der Waals surface area (Å²) in [7, 11) is 1.63. The monoisotopic (exact) mass is 268 g/mol. The van der Waals surface area contributed by atoms with E-state index in [1.54, 1.807) is 7.11 Å². The molecule has 0 aliphatic rings. The molecule has 0 unspecified atom stereocenters. The molecule has 4 heteroatoms. The lowest BCUT2D eigenvalue weighted by Gasteiger charge is -2.11.